The van der Waals surface area contributed by atoms with Gasteiger partial charge in [0.2, 0.25) is 0 Å². The van der Waals surface area contributed by atoms with Gasteiger partial charge in [0.15, 0.2) is 0 Å². The van der Waals surface area contributed by atoms with E-state index in [4.69, 9.17) is 5.26 Å². The van der Waals surface area contributed by atoms with Gasteiger partial charge < -0.3 is 4.57 Å². The van der Waals surface area contributed by atoms with Gasteiger partial charge in [-0.2, -0.15) is 5.26 Å². The second-order valence-corrected chi connectivity index (χ2v) is 4.79. The average Bonchev–Trinajstić information content (AvgIpc) is 2.64. The number of hydrogen-bond donors (Lipinski definition) is 0. The molecule has 86 valence electrons. The maximum absolute atomic E-state index is 8.76. The van der Waals surface area contributed by atoms with E-state index >= 15 is 0 Å². The highest BCUT2D eigenvalue weighted by Gasteiger charge is 2.18. The first-order valence-corrected chi connectivity index (χ1v) is 6.29. The molecule has 0 atom stereocenters. The molecular weight excluding hydrogens is 208 g/mol. The SMILES string of the molecule is Cc1c(CCC#N)c2cccc3c2n1CCC3. The zero-order valence-electron chi connectivity index (χ0n) is 10.2. The van der Waals surface area contributed by atoms with Crippen LogP contribution in [0.2, 0.25) is 0 Å². The molecule has 0 unspecified atom stereocenters. The highest BCUT2D eigenvalue weighted by Crippen LogP contribution is 2.32. The Bertz CT molecular complexity index is 614. The highest BCUT2D eigenvalue weighted by atomic mass is 15.0. The minimum Gasteiger partial charge on any atom is -0.344 e. The summed E-state index contributed by atoms with van der Waals surface area (Å²) in [5, 5.41) is 10.1. The molecule has 2 heteroatoms. The van der Waals surface area contributed by atoms with Gasteiger partial charge in [-0.25, -0.2) is 0 Å². The number of benzene rings is 1. The standard InChI is InChI=1S/C15H16N2/c1-11-13(8-3-9-16)14-7-2-5-12-6-4-10-17(11)15(12)14/h2,5,7H,3-4,6,8,10H2,1H3. The lowest BCUT2D eigenvalue weighted by atomic mass is 10.0. The molecule has 0 bridgehead atoms. The Kier molecular flexibility index (Phi) is 2.40. The Morgan fingerprint density at radius 2 is 2.29 bits per heavy atom. The Balaban J connectivity index is 2.27. The van der Waals surface area contributed by atoms with Gasteiger partial charge in [0, 0.05) is 24.0 Å². The monoisotopic (exact) mass is 224 g/mol. The fourth-order valence-corrected chi connectivity index (χ4v) is 3.08. The fourth-order valence-electron chi connectivity index (χ4n) is 3.08. The molecular formula is C15H16N2. The summed E-state index contributed by atoms with van der Waals surface area (Å²) in [7, 11) is 0. The van der Waals surface area contributed by atoms with Gasteiger partial charge in [-0.05, 0) is 37.3 Å². The van der Waals surface area contributed by atoms with Crippen LogP contribution in [0.25, 0.3) is 10.9 Å². The molecule has 17 heavy (non-hydrogen) atoms. The zero-order valence-corrected chi connectivity index (χ0v) is 10.2. The van der Waals surface area contributed by atoms with E-state index < -0.39 is 0 Å². The average molecular weight is 224 g/mol. The normalized spacial score (nSPS) is 13.9. The van der Waals surface area contributed by atoms with Crippen LogP contribution in [0.5, 0.6) is 0 Å². The van der Waals surface area contributed by atoms with Crippen LogP contribution in [0.3, 0.4) is 0 Å². The minimum atomic E-state index is 0.615. The van der Waals surface area contributed by atoms with Crippen LogP contribution in [0.1, 0.15) is 29.7 Å². The number of nitriles is 1. The van der Waals surface area contributed by atoms with E-state index in [1.165, 1.54) is 40.6 Å². The molecule has 0 spiro atoms. The number of nitrogens with zero attached hydrogens (tertiary/aromatic N) is 2. The van der Waals surface area contributed by atoms with Crippen molar-refractivity contribution in [3.8, 4) is 6.07 Å². The number of rotatable bonds is 2. The predicted octanol–water partition coefficient (Wildman–Crippen LogP) is 3.35. The van der Waals surface area contributed by atoms with Gasteiger partial charge in [-0.1, -0.05) is 18.2 Å². The summed E-state index contributed by atoms with van der Waals surface area (Å²) < 4.78 is 2.45. The molecule has 0 aliphatic carbocycles. The van der Waals surface area contributed by atoms with Crippen molar-refractivity contribution >= 4 is 10.9 Å². The van der Waals surface area contributed by atoms with Crippen LogP contribution in [-0.4, -0.2) is 4.57 Å². The molecule has 1 aliphatic heterocycles. The molecule has 3 rings (SSSR count). The number of aromatic nitrogens is 1. The van der Waals surface area contributed by atoms with Crippen LogP contribution in [0.15, 0.2) is 18.2 Å². The van der Waals surface area contributed by atoms with Gasteiger partial charge in [-0.15, -0.1) is 0 Å². The van der Waals surface area contributed by atoms with E-state index in [1.54, 1.807) is 0 Å². The lowest BCUT2D eigenvalue weighted by Crippen LogP contribution is -2.08. The van der Waals surface area contributed by atoms with Gasteiger partial charge in [0.1, 0.15) is 0 Å². The van der Waals surface area contributed by atoms with Crippen LogP contribution in [0.4, 0.5) is 0 Å². The van der Waals surface area contributed by atoms with Crippen molar-refractivity contribution in [2.24, 2.45) is 0 Å². The van der Waals surface area contributed by atoms with Crippen LogP contribution < -0.4 is 0 Å². The number of para-hydroxylation sites is 1. The maximum Gasteiger partial charge on any atom is 0.0625 e. The molecule has 1 aliphatic rings. The van der Waals surface area contributed by atoms with Crippen molar-refractivity contribution in [3.63, 3.8) is 0 Å². The largest absolute Gasteiger partial charge is 0.344 e. The smallest absolute Gasteiger partial charge is 0.0625 e. The minimum absolute atomic E-state index is 0.615. The Hall–Kier alpha value is -1.75. The first kappa shape index (κ1) is 10.4. The third-order valence-electron chi connectivity index (χ3n) is 3.87. The molecule has 0 saturated heterocycles. The molecule has 2 aromatic rings. The maximum atomic E-state index is 8.76. The lowest BCUT2D eigenvalue weighted by Gasteiger charge is -2.16. The molecule has 0 N–H and O–H groups in total. The predicted molar refractivity (Wildman–Crippen MR) is 68.9 cm³/mol. The van der Waals surface area contributed by atoms with Gasteiger partial charge in [0.25, 0.3) is 0 Å². The first-order chi connectivity index (χ1) is 8.33. The molecule has 0 fully saturated rings. The number of aryl methyl sites for hydroxylation is 3. The van der Waals surface area contributed by atoms with E-state index in [0.717, 1.165) is 13.0 Å². The summed E-state index contributed by atoms with van der Waals surface area (Å²) in [5.74, 6) is 0. The van der Waals surface area contributed by atoms with Gasteiger partial charge in [0.05, 0.1) is 11.6 Å². The van der Waals surface area contributed by atoms with E-state index in [2.05, 4.69) is 35.8 Å². The molecule has 2 heterocycles. The topological polar surface area (TPSA) is 28.7 Å². The summed E-state index contributed by atoms with van der Waals surface area (Å²) in [6.45, 7) is 3.33. The van der Waals surface area contributed by atoms with Crippen molar-refractivity contribution in [2.75, 3.05) is 0 Å². The molecule has 1 aromatic heterocycles. The fraction of sp³-hybridized carbons (Fsp3) is 0.400. The Labute approximate surface area is 101 Å². The molecule has 2 nitrogen and oxygen atoms in total. The second kappa shape index (κ2) is 3.92. The molecule has 0 radical (unpaired) electrons. The van der Waals surface area contributed by atoms with E-state index in [-0.39, 0.29) is 0 Å². The van der Waals surface area contributed by atoms with Crippen molar-refractivity contribution in [2.45, 2.75) is 39.2 Å². The van der Waals surface area contributed by atoms with Crippen molar-refractivity contribution < 1.29 is 0 Å². The second-order valence-electron chi connectivity index (χ2n) is 4.79. The summed E-state index contributed by atoms with van der Waals surface area (Å²) >= 11 is 0. The van der Waals surface area contributed by atoms with Crippen LogP contribution in [0, 0.1) is 18.3 Å². The zero-order chi connectivity index (χ0) is 11.8. The highest BCUT2D eigenvalue weighted by molar-refractivity contribution is 5.88. The third kappa shape index (κ3) is 1.46. The quantitative estimate of drug-likeness (QED) is 0.769. The summed E-state index contributed by atoms with van der Waals surface area (Å²) in [5.41, 5.74) is 5.64. The molecule has 1 aromatic carbocycles. The van der Waals surface area contributed by atoms with Gasteiger partial charge in [-0.3, -0.25) is 0 Å². The van der Waals surface area contributed by atoms with Gasteiger partial charge >= 0.3 is 0 Å². The van der Waals surface area contributed by atoms with Crippen molar-refractivity contribution in [1.82, 2.24) is 4.57 Å². The van der Waals surface area contributed by atoms with Crippen molar-refractivity contribution in [1.29, 1.82) is 5.26 Å². The first-order valence-electron chi connectivity index (χ1n) is 6.29. The number of hydrogen-bond acceptors (Lipinski definition) is 1. The van der Waals surface area contributed by atoms with E-state index in [9.17, 15) is 0 Å². The van der Waals surface area contributed by atoms with Crippen LogP contribution in [-0.2, 0) is 19.4 Å². The third-order valence-corrected chi connectivity index (χ3v) is 3.87. The Morgan fingerprint density at radius 3 is 3.12 bits per heavy atom. The Morgan fingerprint density at radius 1 is 1.41 bits per heavy atom. The van der Waals surface area contributed by atoms with Crippen molar-refractivity contribution in [3.05, 3.63) is 35.0 Å². The summed E-state index contributed by atoms with van der Waals surface area (Å²) in [6, 6.07) is 8.86. The lowest BCUT2D eigenvalue weighted by molar-refractivity contribution is 0.621. The van der Waals surface area contributed by atoms with Crippen LogP contribution >= 0.6 is 0 Å². The van der Waals surface area contributed by atoms with E-state index in [0.29, 0.717) is 6.42 Å². The summed E-state index contributed by atoms with van der Waals surface area (Å²) in [4.78, 5) is 0. The molecule has 0 saturated carbocycles. The summed E-state index contributed by atoms with van der Waals surface area (Å²) in [6.07, 6.45) is 3.93. The van der Waals surface area contributed by atoms with E-state index in [1.807, 2.05) is 0 Å². The molecule has 0 amide bonds.